The molecule has 1 aliphatic heterocycles. The summed E-state index contributed by atoms with van der Waals surface area (Å²) >= 11 is 0. The van der Waals surface area contributed by atoms with Gasteiger partial charge in [0.15, 0.2) is 5.65 Å². The highest BCUT2D eigenvalue weighted by atomic mass is 16.5. The van der Waals surface area contributed by atoms with E-state index in [2.05, 4.69) is 40.8 Å². The van der Waals surface area contributed by atoms with Crippen molar-refractivity contribution < 1.29 is 9.53 Å². The van der Waals surface area contributed by atoms with Gasteiger partial charge in [-0.3, -0.25) is 4.79 Å². The highest BCUT2D eigenvalue weighted by Crippen LogP contribution is 2.52. The van der Waals surface area contributed by atoms with Crippen molar-refractivity contribution in [2.45, 2.75) is 30.7 Å². The van der Waals surface area contributed by atoms with E-state index in [1.54, 1.807) is 0 Å². The molecule has 7 rings (SSSR count). The van der Waals surface area contributed by atoms with Crippen LogP contribution in [0.2, 0.25) is 0 Å². The summed E-state index contributed by atoms with van der Waals surface area (Å²) in [5, 5.41) is 5.91. The predicted molar refractivity (Wildman–Crippen MR) is 159 cm³/mol. The van der Waals surface area contributed by atoms with Crippen LogP contribution >= 0.6 is 0 Å². The number of para-hydroxylation sites is 1. The monoisotopic (exact) mass is 542 g/mol. The molecular weight excluding hydrogens is 512 g/mol. The lowest BCUT2D eigenvalue weighted by molar-refractivity contribution is -0.127. The highest BCUT2D eigenvalue weighted by Gasteiger charge is 2.47. The van der Waals surface area contributed by atoms with Crippen molar-refractivity contribution in [3.63, 3.8) is 0 Å². The number of nitrogen functional groups attached to an aromatic ring is 1. The van der Waals surface area contributed by atoms with Crippen molar-refractivity contribution in [3.05, 3.63) is 109 Å². The van der Waals surface area contributed by atoms with Gasteiger partial charge in [-0.15, -0.1) is 0 Å². The summed E-state index contributed by atoms with van der Waals surface area (Å²) in [6.45, 7) is 5.09. The molecule has 1 spiro atoms. The van der Waals surface area contributed by atoms with Gasteiger partial charge in [0.1, 0.15) is 29.3 Å². The first-order valence-electron chi connectivity index (χ1n) is 13.9. The lowest BCUT2D eigenvalue weighted by atomic mass is 9.73. The number of rotatable bonds is 5. The summed E-state index contributed by atoms with van der Waals surface area (Å²) in [5.74, 6) is 1.91. The van der Waals surface area contributed by atoms with Gasteiger partial charge in [-0.2, -0.15) is 5.10 Å². The molecule has 2 aliphatic rings. The number of fused-ring (bicyclic) bond motifs is 3. The molecule has 2 N–H and O–H groups in total. The van der Waals surface area contributed by atoms with Crippen LogP contribution in [0.25, 0.3) is 22.3 Å². The molecule has 0 saturated carbocycles. The topological polar surface area (TPSA) is 99.2 Å². The minimum Gasteiger partial charge on any atom is -0.457 e. The third-order valence-corrected chi connectivity index (χ3v) is 8.60. The first-order chi connectivity index (χ1) is 20.1. The maximum absolute atomic E-state index is 12.3. The fourth-order valence-electron chi connectivity index (χ4n) is 6.56. The average molecular weight is 543 g/mol. The molecule has 8 heteroatoms. The third-order valence-electron chi connectivity index (χ3n) is 8.60. The lowest BCUT2D eigenvalue weighted by Gasteiger charge is -2.40. The van der Waals surface area contributed by atoms with Gasteiger partial charge >= 0.3 is 0 Å². The quantitative estimate of drug-likeness (QED) is 0.277. The number of nitrogens with zero attached hydrogens (tertiary/aromatic N) is 5. The van der Waals surface area contributed by atoms with E-state index >= 15 is 0 Å². The number of amides is 1. The van der Waals surface area contributed by atoms with Gasteiger partial charge in [-0.25, -0.2) is 14.6 Å². The van der Waals surface area contributed by atoms with Crippen LogP contribution in [-0.4, -0.2) is 43.6 Å². The van der Waals surface area contributed by atoms with E-state index in [1.165, 1.54) is 23.5 Å². The number of carbonyl (C=O) groups excluding carboxylic acids is 1. The Balaban J connectivity index is 1.27. The van der Waals surface area contributed by atoms with Crippen molar-refractivity contribution in [3.8, 4) is 22.8 Å². The zero-order valence-corrected chi connectivity index (χ0v) is 22.6. The molecular formula is C33H30N6O2. The summed E-state index contributed by atoms with van der Waals surface area (Å²) in [7, 11) is 0. The largest absolute Gasteiger partial charge is 0.457 e. The number of hydrogen-bond donors (Lipinski definition) is 1. The van der Waals surface area contributed by atoms with E-state index in [-0.39, 0.29) is 17.4 Å². The van der Waals surface area contributed by atoms with Gasteiger partial charge in [0.25, 0.3) is 0 Å². The second-order valence-corrected chi connectivity index (χ2v) is 10.8. The predicted octanol–water partition coefficient (Wildman–Crippen LogP) is 5.91. The molecule has 1 amide bonds. The number of piperidine rings is 1. The normalized spacial score (nSPS) is 17.5. The average Bonchev–Trinajstić information content (AvgIpc) is 3.55. The molecule has 1 unspecified atom stereocenters. The van der Waals surface area contributed by atoms with Crippen LogP contribution in [0.4, 0.5) is 5.82 Å². The summed E-state index contributed by atoms with van der Waals surface area (Å²) in [6.07, 6.45) is 5.59. The van der Waals surface area contributed by atoms with Gasteiger partial charge in [-0.05, 0) is 72.9 Å². The van der Waals surface area contributed by atoms with E-state index in [4.69, 9.17) is 15.6 Å². The minimum absolute atomic E-state index is 0.00208. The number of hydrogen-bond acceptors (Lipinski definition) is 6. The first-order valence-corrected chi connectivity index (χ1v) is 13.9. The summed E-state index contributed by atoms with van der Waals surface area (Å²) in [6, 6.07) is 26.2. The van der Waals surface area contributed by atoms with Gasteiger partial charge in [-0.1, -0.05) is 49.0 Å². The summed E-state index contributed by atoms with van der Waals surface area (Å²) in [5.41, 5.74) is 11.4. The molecule has 5 aromatic rings. The smallest absolute Gasteiger partial charge is 0.245 e. The Morgan fingerprint density at radius 2 is 1.66 bits per heavy atom. The number of anilines is 1. The van der Waals surface area contributed by atoms with E-state index in [0.717, 1.165) is 47.4 Å². The molecule has 1 aliphatic carbocycles. The van der Waals surface area contributed by atoms with Crippen molar-refractivity contribution in [1.82, 2.24) is 24.6 Å². The van der Waals surface area contributed by atoms with E-state index < -0.39 is 0 Å². The Bertz CT molecular complexity index is 1750. The Hall–Kier alpha value is -4.98. The fourth-order valence-corrected chi connectivity index (χ4v) is 6.56. The maximum atomic E-state index is 12.3. The van der Waals surface area contributed by atoms with Crippen LogP contribution in [0.1, 0.15) is 36.4 Å². The zero-order valence-electron chi connectivity index (χ0n) is 22.6. The van der Waals surface area contributed by atoms with Gasteiger partial charge in [0.05, 0.1) is 11.4 Å². The van der Waals surface area contributed by atoms with Crippen molar-refractivity contribution >= 4 is 22.8 Å². The van der Waals surface area contributed by atoms with Crippen molar-refractivity contribution in [1.29, 1.82) is 0 Å². The number of aromatic nitrogens is 4. The molecule has 204 valence electrons. The van der Waals surface area contributed by atoms with Crippen LogP contribution in [0.15, 0.2) is 97.8 Å². The van der Waals surface area contributed by atoms with E-state index in [0.29, 0.717) is 24.6 Å². The first kappa shape index (κ1) is 25.0. The number of likely N-dealkylation sites (tertiary alicyclic amines) is 1. The van der Waals surface area contributed by atoms with Crippen molar-refractivity contribution in [2.24, 2.45) is 0 Å². The third kappa shape index (κ3) is 4.23. The van der Waals surface area contributed by atoms with Crippen molar-refractivity contribution in [2.75, 3.05) is 18.8 Å². The van der Waals surface area contributed by atoms with Gasteiger partial charge < -0.3 is 15.4 Å². The maximum Gasteiger partial charge on any atom is 0.245 e. The molecule has 1 fully saturated rings. The Labute approximate surface area is 238 Å². The van der Waals surface area contributed by atoms with Crippen LogP contribution in [-0.2, 0) is 10.2 Å². The zero-order chi connectivity index (χ0) is 28.0. The van der Waals surface area contributed by atoms with Crippen LogP contribution in [0, 0.1) is 0 Å². The Morgan fingerprint density at radius 1 is 0.951 bits per heavy atom. The number of ether oxygens (including phenoxy) is 1. The second-order valence-electron chi connectivity index (χ2n) is 10.8. The minimum atomic E-state index is -0.0351. The summed E-state index contributed by atoms with van der Waals surface area (Å²) in [4.78, 5) is 23.2. The molecule has 0 radical (unpaired) electrons. The fraction of sp³-hybridized carbons (Fsp3) is 0.212. The number of nitrogens with two attached hydrogens (primary N) is 1. The number of carbonyl (C=O) groups is 1. The number of benzene rings is 3. The molecule has 3 heterocycles. The molecule has 0 bridgehead atoms. The SMILES string of the molecule is C=CC(=O)N1CCC2(CC1)CC(n1nc(-c3ccc(Oc4ccccc4)cc3)c3c(N)ncnc31)c1ccccc12. The van der Waals surface area contributed by atoms with Gasteiger partial charge in [0, 0.05) is 24.1 Å². The Kier molecular flexibility index (Phi) is 6.03. The highest BCUT2D eigenvalue weighted by molar-refractivity contribution is 5.98. The van der Waals surface area contributed by atoms with Crippen LogP contribution in [0.5, 0.6) is 11.5 Å². The molecule has 2 aromatic heterocycles. The molecule has 41 heavy (non-hydrogen) atoms. The molecule has 3 aromatic carbocycles. The second kappa shape index (κ2) is 9.89. The van der Waals surface area contributed by atoms with E-state index in [9.17, 15) is 4.79 Å². The Morgan fingerprint density at radius 3 is 2.41 bits per heavy atom. The molecule has 8 nitrogen and oxygen atoms in total. The summed E-state index contributed by atoms with van der Waals surface area (Å²) < 4.78 is 8.03. The van der Waals surface area contributed by atoms with Gasteiger partial charge in [0.2, 0.25) is 5.91 Å². The lowest BCUT2D eigenvalue weighted by Crippen LogP contribution is -2.44. The molecule has 1 atom stereocenters. The van der Waals surface area contributed by atoms with E-state index in [1.807, 2.05) is 64.2 Å². The van der Waals surface area contributed by atoms with Crippen LogP contribution < -0.4 is 10.5 Å². The standard InChI is InChI=1S/C33H30N6O2/c1-2-28(40)38-18-16-33(17-19-38)20-27(25-10-6-7-11-26(25)33)39-32-29(31(34)35-21-36-32)30(37-39)22-12-14-24(15-13-22)41-23-8-4-3-5-9-23/h2-15,21,27H,1,16-20H2,(H2,34,35,36). The van der Waals surface area contributed by atoms with Crippen LogP contribution in [0.3, 0.4) is 0 Å². The molecule has 1 saturated heterocycles.